The Morgan fingerprint density at radius 1 is 1.45 bits per heavy atom. The summed E-state index contributed by atoms with van der Waals surface area (Å²) >= 11 is 2.67. The van der Waals surface area contributed by atoms with Crippen LogP contribution in [0.25, 0.3) is 0 Å². The molecule has 1 saturated heterocycles. The van der Waals surface area contributed by atoms with E-state index in [-0.39, 0.29) is 5.56 Å². The van der Waals surface area contributed by atoms with Crippen LogP contribution in [0.1, 0.15) is 11.8 Å². The summed E-state index contributed by atoms with van der Waals surface area (Å²) in [5.74, 6) is 0. The van der Waals surface area contributed by atoms with Crippen LogP contribution >= 0.6 is 0 Å². The number of aliphatic hydroxyl groups excluding tert-OH is 3. The van der Waals surface area contributed by atoms with E-state index in [2.05, 4.69) is 20.6 Å². The molecule has 0 spiro atoms. The second-order valence-corrected chi connectivity index (χ2v) is 5.40. The molecule has 9 heteroatoms. The van der Waals surface area contributed by atoms with Crippen LogP contribution in [-0.4, -0.2) is 71.9 Å². The summed E-state index contributed by atoms with van der Waals surface area (Å²) in [6, 6.07) is 0. The summed E-state index contributed by atoms with van der Waals surface area (Å²) in [4.78, 5) is 14.3. The molecule has 0 aromatic carbocycles. The van der Waals surface area contributed by atoms with Crippen molar-refractivity contribution in [1.82, 2.24) is 9.55 Å². The van der Waals surface area contributed by atoms with Gasteiger partial charge in [0.2, 0.25) is 0 Å². The van der Waals surface area contributed by atoms with Crippen molar-refractivity contribution in [3.8, 4) is 0 Å². The third kappa shape index (κ3) is 2.79. The monoisotopic (exact) mass is 351 g/mol. The number of rotatable bonds is 4. The van der Waals surface area contributed by atoms with Gasteiger partial charge in [-0.3, -0.25) is 0 Å². The van der Waals surface area contributed by atoms with E-state index in [9.17, 15) is 15.0 Å². The van der Waals surface area contributed by atoms with Crippen LogP contribution in [0, 0.1) is 4.32 Å². The van der Waals surface area contributed by atoms with Crippen LogP contribution in [0.2, 0.25) is 0 Å². The summed E-state index contributed by atoms with van der Waals surface area (Å²) < 4.78 is 7.25. The third-order valence-electron chi connectivity index (χ3n) is 3.25. The number of nitrogens with two attached hydrogens (primary N) is 1. The molecule has 4 atom stereocenters. The molecule has 8 nitrogen and oxygen atoms in total. The van der Waals surface area contributed by atoms with Crippen molar-refractivity contribution in [2.75, 3.05) is 13.2 Å². The number of ether oxygens (including phenoxy) is 1. The first kappa shape index (κ1) is 15.6. The number of hydrogen-bond acceptors (Lipinski definition) is 6. The van der Waals surface area contributed by atoms with Crippen molar-refractivity contribution in [2.24, 2.45) is 5.73 Å². The zero-order valence-corrected chi connectivity index (χ0v) is 12.3. The van der Waals surface area contributed by atoms with Crippen molar-refractivity contribution in [2.45, 2.75) is 31.0 Å². The van der Waals surface area contributed by atoms with Crippen LogP contribution in [0.5, 0.6) is 0 Å². The van der Waals surface area contributed by atoms with E-state index in [1.54, 1.807) is 0 Å². The number of nitrogens with zero attached hydrogens (tertiary/aromatic N) is 1. The fourth-order valence-electron chi connectivity index (χ4n) is 2.16. The Balaban J connectivity index is 2.40. The molecule has 2 rings (SSSR count). The van der Waals surface area contributed by atoms with E-state index < -0.39 is 31.1 Å². The van der Waals surface area contributed by atoms with Crippen molar-refractivity contribution in [3.05, 3.63) is 26.4 Å². The second-order valence-electron chi connectivity index (χ2n) is 4.59. The van der Waals surface area contributed by atoms with Gasteiger partial charge in [-0.1, -0.05) is 0 Å². The van der Waals surface area contributed by atoms with Gasteiger partial charge in [-0.05, 0) is 0 Å². The van der Waals surface area contributed by atoms with E-state index in [0.717, 1.165) is 0 Å². The summed E-state index contributed by atoms with van der Waals surface area (Å²) in [5, 5.41) is 28.8. The Labute approximate surface area is 122 Å². The molecule has 0 unspecified atom stereocenters. The van der Waals surface area contributed by atoms with E-state index >= 15 is 0 Å². The zero-order chi connectivity index (χ0) is 14.9. The summed E-state index contributed by atoms with van der Waals surface area (Å²) in [6.07, 6.45) is -2.26. The zero-order valence-electron chi connectivity index (χ0n) is 10.6. The number of aromatic amines is 1. The van der Waals surface area contributed by atoms with E-state index in [4.69, 9.17) is 15.6 Å². The molecular formula is C11H17N3O5Se. The first-order valence-corrected chi connectivity index (χ1v) is 7.02. The van der Waals surface area contributed by atoms with Gasteiger partial charge >= 0.3 is 121 Å². The van der Waals surface area contributed by atoms with E-state index in [1.807, 2.05) is 0 Å². The van der Waals surface area contributed by atoms with Gasteiger partial charge in [-0.2, -0.15) is 0 Å². The topological polar surface area (TPSA) is 134 Å². The van der Waals surface area contributed by atoms with Gasteiger partial charge in [0.05, 0.1) is 0 Å². The number of nitrogens with one attached hydrogen (secondary N) is 1. The maximum atomic E-state index is 11.7. The van der Waals surface area contributed by atoms with Gasteiger partial charge in [0.1, 0.15) is 0 Å². The first-order chi connectivity index (χ1) is 9.49. The molecule has 0 amide bonds. The summed E-state index contributed by atoms with van der Waals surface area (Å²) in [6.45, 7) is -0.0944. The standard InChI is InChI=1S/C11H17N3O5Se/c12-2-1-5-3-14(11(20)13-9(5)18)10-8(17)7(16)6(4-15)19-10/h3,6-8,10,15-17H,1-2,4,12H2,(H,13,18,20)/t6-,7-,8-,10-/m1/s1. The fraction of sp³-hybridized carbons (Fsp3) is 0.636. The molecule has 112 valence electrons. The number of aliphatic hydroxyl groups is 3. The first-order valence-electron chi connectivity index (χ1n) is 6.16. The average molecular weight is 350 g/mol. The van der Waals surface area contributed by atoms with Crippen molar-refractivity contribution >= 4 is 15.6 Å². The molecule has 0 radical (unpaired) electrons. The molecule has 0 bridgehead atoms. The molecule has 20 heavy (non-hydrogen) atoms. The van der Waals surface area contributed by atoms with Crippen LogP contribution < -0.4 is 11.3 Å². The number of hydrogen-bond donors (Lipinski definition) is 5. The van der Waals surface area contributed by atoms with Gasteiger partial charge in [-0.15, -0.1) is 0 Å². The molecule has 1 aliphatic rings. The average Bonchev–Trinajstić information content (AvgIpc) is 2.70. The van der Waals surface area contributed by atoms with Gasteiger partial charge in [0.15, 0.2) is 0 Å². The molecule has 1 fully saturated rings. The third-order valence-corrected chi connectivity index (χ3v) is 3.90. The summed E-state index contributed by atoms with van der Waals surface area (Å²) in [7, 11) is 0. The van der Waals surface area contributed by atoms with Crippen LogP contribution in [0.15, 0.2) is 11.0 Å². The SMILES string of the molecule is NCCc1cn([C@@H]2O[C@H](CO)[C@@H](O)[C@H]2O)c(=[Se])[nH]c1=O. The quantitative estimate of drug-likeness (QED) is 0.367. The Bertz CT molecular complexity index is 586. The Kier molecular flexibility index (Phi) is 4.92. The second kappa shape index (κ2) is 6.31. The Hall–Kier alpha value is -0.801. The Morgan fingerprint density at radius 2 is 2.15 bits per heavy atom. The van der Waals surface area contributed by atoms with Crippen LogP contribution in [0.4, 0.5) is 0 Å². The van der Waals surface area contributed by atoms with Gasteiger partial charge in [0, 0.05) is 0 Å². The molecule has 0 saturated carbocycles. The van der Waals surface area contributed by atoms with Crippen molar-refractivity contribution in [3.63, 3.8) is 0 Å². The molecule has 1 aromatic heterocycles. The predicted molar refractivity (Wildman–Crippen MR) is 69.8 cm³/mol. The van der Waals surface area contributed by atoms with Gasteiger partial charge in [-0.25, -0.2) is 0 Å². The van der Waals surface area contributed by atoms with Gasteiger partial charge in [0.25, 0.3) is 0 Å². The predicted octanol–water partition coefficient (Wildman–Crippen LogP) is -3.01. The minimum absolute atomic E-state index is 0.271. The Morgan fingerprint density at radius 3 is 2.70 bits per heavy atom. The van der Waals surface area contributed by atoms with Crippen LogP contribution in [-0.2, 0) is 11.2 Å². The van der Waals surface area contributed by atoms with Crippen molar-refractivity contribution < 1.29 is 20.1 Å². The molecule has 2 heterocycles. The van der Waals surface area contributed by atoms with E-state index in [1.165, 1.54) is 10.8 Å². The number of aromatic nitrogens is 2. The molecule has 1 aliphatic heterocycles. The van der Waals surface area contributed by atoms with Crippen LogP contribution in [0.3, 0.4) is 0 Å². The molecule has 1 aromatic rings. The van der Waals surface area contributed by atoms with E-state index in [0.29, 0.717) is 22.9 Å². The minimum atomic E-state index is -1.21. The molecule has 6 N–H and O–H groups in total. The molecular weight excluding hydrogens is 333 g/mol. The van der Waals surface area contributed by atoms with Gasteiger partial charge < -0.3 is 0 Å². The molecule has 0 aliphatic carbocycles. The summed E-state index contributed by atoms with van der Waals surface area (Å²) in [5.41, 5.74) is 5.62. The normalized spacial score (nSPS) is 29.8. The van der Waals surface area contributed by atoms with Crippen molar-refractivity contribution in [1.29, 1.82) is 0 Å². The number of H-pyrrole nitrogens is 1. The maximum absolute atomic E-state index is 11.7. The fourth-order valence-corrected chi connectivity index (χ4v) is 2.68.